The van der Waals surface area contributed by atoms with Crippen molar-refractivity contribution in [2.45, 2.75) is 58.4 Å². The lowest BCUT2D eigenvalue weighted by Crippen LogP contribution is -2.28. The smallest absolute Gasteiger partial charge is 0.306 e. The SMILES string of the molecule is CC(C)(C)c1cnc(CNCC2CCC(C(=O)O)CC2)o1. The Morgan fingerprint density at radius 3 is 2.57 bits per heavy atom. The van der Waals surface area contributed by atoms with Gasteiger partial charge in [0.15, 0.2) is 0 Å². The maximum atomic E-state index is 10.9. The summed E-state index contributed by atoms with van der Waals surface area (Å²) in [5.41, 5.74) is -0.0134. The summed E-state index contributed by atoms with van der Waals surface area (Å²) >= 11 is 0. The molecule has 1 heterocycles. The van der Waals surface area contributed by atoms with Crippen LogP contribution in [0.25, 0.3) is 0 Å². The van der Waals surface area contributed by atoms with Crippen molar-refractivity contribution in [3.63, 3.8) is 0 Å². The highest BCUT2D eigenvalue weighted by atomic mass is 16.4. The van der Waals surface area contributed by atoms with E-state index in [4.69, 9.17) is 9.52 Å². The molecule has 1 fully saturated rings. The van der Waals surface area contributed by atoms with Crippen LogP contribution in [-0.2, 0) is 16.8 Å². The highest BCUT2D eigenvalue weighted by molar-refractivity contribution is 5.69. The molecule has 0 atom stereocenters. The Labute approximate surface area is 126 Å². The van der Waals surface area contributed by atoms with Gasteiger partial charge in [0.25, 0.3) is 0 Å². The Hall–Kier alpha value is -1.36. The van der Waals surface area contributed by atoms with E-state index >= 15 is 0 Å². The molecule has 1 aliphatic carbocycles. The molecule has 0 spiro atoms. The second kappa shape index (κ2) is 6.60. The fourth-order valence-electron chi connectivity index (χ4n) is 2.74. The van der Waals surface area contributed by atoms with Crippen LogP contribution >= 0.6 is 0 Å². The third-order valence-corrected chi connectivity index (χ3v) is 4.20. The van der Waals surface area contributed by atoms with Crippen LogP contribution in [0.1, 0.15) is 58.1 Å². The molecule has 0 bridgehead atoms. The normalized spacial score (nSPS) is 23.2. The van der Waals surface area contributed by atoms with Crippen LogP contribution in [0, 0.1) is 11.8 Å². The second-order valence-corrected chi connectivity index (χ2v) is 7.06. The highest BCUT2D eigenvalue weighted by Crippen LogP contribution is 2.28. The monoisotopic (exact) mass is 294 g/mol. The number of aliphatic carboxylic acids is 1. The molecule has 2 rings (SSSR count). The molecule has 0 saturated heterocycles. The molecule has 5 nitrogen and oxygen atoms in total. The average molecular weight is 294 g/mol. The number of hydrogen-bond donors (Lipinski definition) is 2. The predicted molar refractivity (Wildman–Crippen MR) is 80.0 cm³/mol. The Kier molecular flexibility index (Phi) is 5.04. The number of carbonyl (C=O) groups is 1. The molecule has 0 aromatic carbocycles. The van der Waals surface area contributed by atoms with Crippen LogP contribution in [0.2, 0.25) is 0 Å². The molecular formula is C16H26N2O3. The zero-order chi connectivity index (χ0) is 15.5. The molecule has 0 amide bonds. The van der Waals surface area contributed by atoms with Gasteiger partial charge in [0.05, 0.1) is 18.7 Å². The summed E-state index contributed by atoms with van der Waals surface area (Å²) < 4.78 is 5.73. The van der Waals surface area contributed by atoms with Gasteiger partial charge in [-0.1, -0.05) is 20.8 Å². The van der Waals surface area contributed by atoms with Gasteiger partial charge in [-0.15, -0.1) is 0 Å². The van der Waals surface area contributed by atoms with E-state index in [1.54, 1.807) is 6.20 Å². The second-order valence-electron chi connectivity index (χ2n) is 7.06. The number of nitrogens with one attached hydrogen (secondary N) is 1. The highest BCUT2D eigenvalue weighted by Gasteiger charge is 2.25. The molecule has 118 valence electrons. The summed E-state index contributed by atoms with van der Waals surface area (Å²) in [6.45, 7) is 7.84. The summed E-state index contributed by atoms with van der Waals surface area (Å²) in [5.74, 6) is 1.41. The lowest BCUT2D eigenvalue weighted by atomic mass is 9.82. The first-order chi connectivity index (χ1) is 9.86. The summed E-state index contributed by atoms with van der Waals surface area (Å²) in [4.78, 5) is 15.2. The fourth-order valence-corrected chi connectivity index (χ4v) is 2.74. The molecule has 1 aromatic rings. The molecular weight excluding hydrogens is 268 g/mol. The van der Waals surface area contributed by atoms with Crippen molar-refractivity contribution in [2.24, 2.45) is 11.8 Å². The van der Waals surface area contributed by atoms with Crippen LogP contribution in [0.4, 0.5) is 0 Å². The minimum absolute atomic E-state index is 0.0134. The first-order valence-electron chi connectivity index (χ1n) is 7.75. The van der Waals surface area contributed by atoms with E-state index < -0.39 is 5.97 Å². The predicted octanol–water partition coefficient (Wildman–Crippen LogP) is 2.95. The van der Waals surface area contributed by atoms with Gasteiger partial charge in [0.2, 0.25) is 5.89 Å². The number of rotatable bonds is 5. The number of oxazole rings is 1. The van der Waals surface area contributed by atoms with Crippen LogP contribution in [0.15, 0.2) is 10.6 Å². The standard InChI is InChI=1S/C16H26N2O3/c1-16(2,3)13-9-18-14(21-13)10-17-8-11-4-6-12(7-5-11)15(19)20/h9,11-12,17H,4-8,10H2,1-3H3,(H,19,20). The Morgan fingerprint density at radius 1 is 1.38 bits per heavy atom. The first-order valence-corrected chi connectivity index (χ1v) is 7.75. The van der Waals surface area contributed by atoms with Crippen molar-refractivity contribution in [3.8, 4) is 0 Å². The van der Waals surface area contributed by atoms with E-state index in [9.17, 15) is 4.79 Å². The van der Waals surface area contributed by atoms with Crippen molar-refractivity contribution in [3.05, 3.63) is 17.8 Å². The largest absolute Gasteiger partial charge is 0.481 e. The molecule has 0 aliphatic heterocycles. The molecule has 0 radical (unpaired) electrons. The lowest BCUT2D eigenvalue weighted by molar-refractivity contribution is -0.143. The molecule has 0 unspecified atom stereocenters. The van der Waals surface area contributed by atoms with E-state index in [2.05, 4.69) is 31.1 Å². The Bertz CT molecular complexity index is 468. The topological polar surface area (TPSA) is 75.4 Å². The molecule has 5 heteroatoms. The number of aromatic nitrogens is 1. The van der Waals surface area contributed by atoms with Gasteiger partial charge in [-0.25, -0.2) is 4.98 Å². The molecule has 21 heavy (non-hydrogen) atoms. The molecule has 1 aromatic heterocycles. The zero-order valence-electron chi connectivity index (χ0n) is 13.2. The van der Waals surface area contributed by atoms with E-state index in [1.165, 1.54) is 0 Å². The van der Waals surface area contributed by atoms with Crippen LogP contribution in [-0.4, -0.2) is 22.6 Å². The maximum Gasteiger partial charge on any atom is 0.306 e. The van der Waals surface area contributed by atoms with Gasteiger partial charge in [-0.05, 0) is 38.1 Å². The Morgan fingerprint density at radius 2 is 2.05 bits per heavy atom. The Balaban J connectivity index is 1.71. The van der Waals surface area contributed by atoms with Gasteiger partial charge in [0.1, 0.15) is 5.76 Å². The minimum Gasteiger partial charge on any atom is -0.481 e. The quantitative estimate of drug-likeness (QED) is 0.873. The van der Waals surface area contributed by atoms with E-state index in [0.29, 0.717) is 12.5 Å². The first kappa shape index (κ1) is 16.0. The third kappa shape index (κ3) is 4.56. The average Bonchev–Trinajstić information content (AvgIpc) is 2.88. The minimum atomic E-state index is -0.643. The van der Waals surface area contributed by atoms with Crippen LogP contribution in [0.3, 0.4) is 0 Å². The number of carboxylic acids is 1. The molecule has 2 N–H and O–H groups in total. The summed E-state index contributed by atoms with van der Waals surface area (Å²) in [5, 5.41) is 12.4. The van der Waals surface area contributed by atoms with E-state index in [1.807, 2.05) is 0 Å². The zero-order valence-corrected chi connectivity index (χ0v) is 13.2. The van der Waals surface area contributed by atoms with Crippen molar-refractivity contribution in [1.82, 2.24) is 10.3 Å². The van der Waals surface area contributed by atoms with Gasteiger partial charge >= 0.3 is 5.97 Å². The number of carboxylic acid groups (broad SMARTS) is 1. The van der Waals surface area contributed by atoms with Gasteiger partial charge in [-0.3, -0.25) is 4.79 Å². The third-order valence-electron chi connectivity index (χ3n) is 4.20. The van der Waals surface area contributed by atoms with E-state index in [0.717, 1.165) is 43.9 Å². The fraction of sp³-hybridized carbons (Fsp3) is 0.750. The number of hydrogen-bond acceptors (Lipinski definition) is 4. The van der Waals surface area contributed by atoms with Crippen LogP contribution in [0.5, 0.6) is 0 Å². The van der Waals surface area contributed by atoms with Crippen molar-refractivity contribution >= 4 is 5.97 Å². The molecule has 1 aliphatic rings. The van der Waals surface area contributed by atoms with Crippen LogP contribution < -0.4 is 5.32 Å². The summed E-state index contributed by atoms with van der Waals surface area (Å²) in [6.07, 6.45) is 5.38. The lowest BCUT2D eigenvalue weighted by Gasteiger charge is -2.26. The van der Waals surface area contributed by atoms with Gasteiger partial charge < -0.3 is 14.8 Å². The van der Waals surface area contributed by atoms with Crippen molar-refractivity contribution in [1.29, 1.82) is 0 Å². The maximum absolute atomic E-state index is 10.9. The van der Waals surface area contributed by atoms with Crippen molar-refractivity contribution in [2.75, 3.05) is 6.54 Å². The van der Waals surface area contributed by atoms with Gasteiger partial charge in [0, 0.05) is 5.41 Å². The van der Waals surface area contributed by atoms with E-state index in [-0.39, 0.29) is 11.3 Å². The van der Waals surface area contributed by atoms with Gasteiger partial charge in [-0.2, -0.15) is 0 Å². The number of nitrogens with zero attached hydrogens (tertiary/aromatic N) is 1. The summed E-state index contributed by atoms with van der Waals surface area (Å²) in [7, 11) is 0. The summed E-state index contributed by atoms with van der Waals surface area (Å²) in [6, 6.07) is 0. The van der Waals surface area contributed by atoms with Crippen molar-refractivity contribution < 1.29 is 14.3 Å². The molecule has 1 saturated carbocycles.